The summed E-state index contributed by atoms with van der Waals surface area (Å²) in [6.45, 7) is 4.86. The number of hydrogen-bond donors (Lipinski definition) is 0. The molecule has 0 N–H and O–H groups in total. The molecule has 0 fully saturated rings. The van der Waals surface area contributed by atoms with Gasteiger partial charge in [0.1, 0.15) is 17.7 Å². The van der Waals surface area contributed by atoms with Crippen molar-refractivity contribution in [1.82, 2.24) is 4.90 Å². The van der Waals surface area contributed by atoms with Crippen LogP contribution in [0, 0.1) is 34.3 Å². The molecule has 0 heterocycles. The van der Waals surface area contributed by atoms with Gasteiger partial charge in [0, 0.05) is 22.4 Å². The van der Waals surface area contributed by atoms with E-state index in [9.17, 15) is 18.4 Å². The van der Waals surface area contributed by atoms with Crippen molar-refractivity contribution < 1.29 is 18.4 Å². The van der Waals surface area contributed by atoms with Crippen LogP contribution in [0.2, 0.25) is 0 Å². The number of allylic oxidation sites excluding steroid dienone is 2. The van der Waals surface area contributed by atoms with E-state index in [1.54, 1.807) is 6.07 Å². The van der Waals surface area contributed by atoms with E-state index in [0.29, 0.717) is 28.7 Å². The van der Waals surface area contributed by atoms with E-state index < -0.39 is 11.6 Å². The highest BCUT2D eigenvalue weighted by atomic mass is 19.1. The molecule has 0 saturated heterocycles. The Balaban J connectivity index is 0.000000215. The lowest BCUT2D eigenvalue weighted by atomic mass is 9.71. The number of carbonyl (C=O) groups excluding carboxylic acids is 2. The zero-order valence-electron chi connectivity index (χ0n) is 17.7. The third kappa shape index (κ3) is 5.58. The molecule has 4 nitrogen and oxygen atoms in total. The van der Waals surface area contributed by atoms with Gasteiger partial charge < -0.3 is 4.90 Å². The summed E-state index contributed by atoms with van der Waals surface area (Å²) < 4.78 is 26.1. The molecule has 0 aromatic heterocycles. The number of fused-ring (bicyclic) bond motifs is 1. The number of benzene rings is 2. The first-order valence-electron chi connectivity index (χ1n) is 9.73. The summed E-state index contributed by atoms with van der Waals surface area (Å²) in [4.78, 5) is 24.6. The quantitative estimate of drug-likeness (QED) is 0.668. The molecule has 3 rings (SSSR count). The second kappa shape index (κ2) is 9.73. The topological polar surface area (TPSA) is 61.2 Å². The van der Waals surface area contributed by atoms with Gasteiger partial charge in [0.05, 0.1) is 5.57 Å². The second-order valence-electron chi connectivity index (χ2n) is 8.41. The van der Waals surface area contributed by atoms with Crippen molar-refractivity contribution in [1.29, 1.82) is 5.26 Å². The molecular weight excluding hydrogens is 386 g/mol. The molecule has 30 heavy (non-hydrogen) atoms. The lowest BCUT2D eigenvalue weighted by Gasteiger charge is -2.31. The number of Topliss-reactive ketones (excluding diaryl/α,β-unsaturated/α-hetero) is 1. The molecular formula is C24H26F2N2O2. The molecule has 2 aromatic rings. The Hall–Kier alpha value is -2.91. The summed E-state index contributed by atoms with van der Waals surface area (Å²) in [7, 11) is 4.07. The van der Waals surface area contributed by atoms with E-state index >= 15 is 0 Å². The average molecular weight is 412 g/mol. The number of halogens is 2. The molecule has 0 spiro atoms. The fourth-order valence-corrected chi connectivity index (χ4v) is 3.61. The minimum Gasteiger partial charge on any atom is -0.309 e. The van der Waals surface area contributed by atoms with Gasteiger partial charge >= 0.3 is 0 Å². The molecule has 1 aliphatic carbocycles. The molecule has 0 amide bonds. The van der Waals surface area contributed by atoms with E-state index in [1.807, 2.05) is 40.1 Å². The Morgan fingerprint density at radius 1 is 1.23 bits per heavy atom. The third-order valence-corrected chi connectivity index (χ3v) is 5.17. The molecule has 0 radical (unpaired) electrons. The molecule has 1 aliphatic rings. The number of nitriles is 1. The Morgan fingerprint density at radius 3 is 2.53 bits per heavy atom. The van der Waals surface area contributed by atoms with Gasteiger partial charge in [0.25, 0.3) is 0 Å². The summed E-state index contributed by atoms with van der Waals surface area (Å²) in [5, 5.41) is 9.51. The highest BCUT2D eigenvalue weighted by molar-refractivity contribution is 6.03. The Bertz CT molecular complexity index is 1020. The second-order valence-corrected chi connectivity index (χ2v) is 8.41. The molecule has 1 atom stereocenters. The van der Waals surface area contributed by atoms with Crippen LogP contribution in [0.3, 0.4) is 0 Å². The first-order valence-corrected chi connectivity index (χ1v) is 9.73. The van der Waals surface area contributed by atoms with Crippen LogP contribution < -0.4 is 0 Å². The number of nitrogens with zero attached hydrogens (tertiary/aromatic N) is 2. The average Bonchev–Trinajstić information content (AvgIpc) is 2.68. The Kier molecular flexibility index (Phi) is 7.58. The van der Waals surface area contributed by atoms with Crippen molar-refractivity contribution in [3.63, 3.8) is 0 Å². The fraction of sp³-hybridized carbons (Fsp3) is 0.375. The number of aldehydes is 1. The highest BCUT2D eigenvalue weighted by Crippen LogP contribution is 2.36. The summed E-state index contributed by atoms with van der Waals surface area (Å²) in [6, 6.07) is 8.58. The third-order valence-electron chi connectivity index (χ3n) is 5.17. The minimum atomic E-state index is -0.677. The SMILES string of the molecule is CN(C)CCC1C=C(C#N)C(=O)C(C)(C)C1.O=Cc1cccc2c(F)cc(F)cc12. The van der Waals surface area contributed by atoms with Gasteiger partial charge in [-0.05, 0) is 50.9 Å². The standard InChI is InChI=1S/C13H20N2O.C11H6F2O/c1-13(2)8-10(5-6-15(3)4)7-11(9-14)12(13)16;12-8-4-10-7(6-14)2-1-3-9(10)11(13)5-8/h7,10H,5-6,8H2,1-4H3;1-6H. The van der Waals surface area contributed by atoms with Crippen LogP contribution in [0.15, 0.2) is 42.0 Å². The monoisotopic (exact) mass is 412 g/mol. The number of ketones is 1. The maximum atomic E-state index is 13.2. The zero-order valence-corrected chi connectivity index (χ0v) is 17.7. The predicted octanol–water partition coefficient (Wildman–Crippen LogP) is 4.93. The molecule has 0 saturated carbocycles. The predicted molar refractivity (Wildman–Crippen MR) is 113 cm³/mol. The van der Waals surface area contributed by atoms with Gasteiger partial charge in [-0.15, -0.1) is 0 Å². The fourth-order valence-electron chi connectivity index (χ4n) is 3.61. The zero-order chi connectivity index (χ0) is 22.5. The molecule has 0 bridgehead atoms. The summed E-state index contributed by atoms with van der Waals surface area (Å²) in [6.07, 6.45) is 4.30. The van der Waals surface area contributed by atoms with Crippen molar-refractivity contribution in [2.45, 2.75) is 26.7 Å². The van der Waals surface area contributed by atoms with Crippen molar-refractivity contribution in [3.05, 3.63) is 59.2 Å². The van der Waals surface area contributed by atoms with E-state index in [1.165, 1.54) is 12.1 Å². The normalized spacial score (nSPS) is 17.7. The lowest BCUT2D eigenvalue weighted by Crippen LogP contribution is -2.33. The van der Waals surface area contributed by atoms with Crippen LogP contribution in [0.5, 0.6) is 0 Å². The van der Waals surface area contributed by atoms with Crippen LogP contribution in [-0.4, -0.2) is 37.6 Å². The maximum absolute atomic E-state index is 13.2. The number of carbonyl (C=O) groups is 2. The van der Waals surface area contributed by atoms with Gasteiger partial charge in [-0.3, -0.25) is 9.59 Å². The first kappa shape index (κ1) is 23.4. The van der Waals surface area contributed by atoms with Gasteiger partial charge in [-0.1, -0.05) is 38.1 Å². The van der Waals surface area contributed by atoms with Crippen LogP contribution >= 0.6 is 0 Å². The first-order chi connectivity index (χ1) is 14.1. The Morgan fingerprint density at radius 2 is 1.93 bits per heavy atom. The number of rotatable bonds is 4. The van der Waals surface area contributed by atoms with Crippen LogP contribution in [0.25, 0.3) is 10.8 Å². The van der Waals surface area contributed by atoms with Crippen molar-refractivity contribution in [2.24, 2.45) is 11.3 Å². The summed E-state index contributed by atoms with van der Waals surface area (Å²) >= 11 is 0. The minimum absolute atomic E-state index is 0.00361. The van der Waals surface area contributed by atoms with Crippen LogP contribution in [-0.2, 0) is 4.79 Å². The van der Waals surface area contributed by atoms with Crippen molar-refractivity contribution in [2.75, 3.05) is 20.6 Å². The number of hydrogen-bond acceptors (Lipinski definition) is 4. The Labute approximate surface area is 175 Å². The van der Waals surface area contributed by atoms with Gasteiger partial charge in [-0.2, -0.15) is 5.26 Å². The lowest BCUT2D eigenvalue weighted by molar-refractivity contribution is -0.124. The van der Waals surface area contributed by atoms with Gasteiger partial charge in [0.2, 0.25) is 0 Å². The molecule has 6 heteroatoms. The van der Waals surface area contributed by atoms with E-state index in [4.69, 9.17) is 5.26 Å². The van der Waals surface area contributed by atoms with E-state index in [2.05, 4.69) is 4.90 Å². The smallest absolute Gasteiger partial charge is 0.178 e. The molecule has 2 aromatic carbocycles. The summed E-state index contributed by atoms with van der Waals surface area (Å²) in [5.74, 6) is -0.978. The largest absolute Gasteiger partial charge is 0.309 e. The maximum Gasteiger partial charge on any atom is 0.178 e. The van der Waals surface area contributed by atoms with Crippen LogP contribution in [0.4, 0.5) is 8.78 Å². The van der Waals surface area contributed by atoms with Gasteiger partial charge in [0.15, 0.2) is 12.1 Å². The van der Waals surface area contributed by atoms with E-state index in [-0.39, 0.29) is 16.6 Å². The summed E-state index contributed by atoms with van der Waals surface area (Å²) in [5.41, 5.74) is 0.262. The molecule has 1 unspecified atom stereocenters. The van der Waals surface area contributed by atoms with E-state index in [0.717, 1.165) is 31.5 Å². The van der Waals surface area contributed by atoms with Crippen molar-refractivity contribution >= 4 is 22.8 Å². The van der Waals surface area contributed by atoms with Crippen molar-refractivity contribution in [3.8, 4) is 6.07 Å². The molecule has 0 aliphatic heterocycles. The van der Waals surface area contributed by atoms with Crippen LogP contribution in [0.1, 0.15) is 37.0 Å². The molecule has 158 valence electrons. The van der Waals surface area contributed by atoms with Gasteiger partial charge in [-0.25, -0.2) is 8.78 Å². The highest BCUT2D eigenvalue weighted by Gasteiger charge is 2.36.